The maximum atomic E-state index is 4.52. The number of rotatable bonds is 4. The number of thiophene rings is 1. The van der Waals surface area contributed by atoms with Gasteiger partial charge < -0.3 is 5.32 Å². The van der Waals surface area contributed by atoms with E-state index >= 15 is 0 Å². The van der Waals surface area contributed by atoms with Crippen molar-refractivity contribution in [2.75, 3.05) is 0 Å². The van der Waals surface area contributed by atoms with Crippen molar-refractivity contribution in [3.63, 3.8) is 0 Å². The monoisotopic (exact) mass is 252 g/mol. The van der Waals surface area contributed by atoms with Crippen LogP contribution in [-0.2, 0) is 6.54 Å². The maximum absolute atomic E-state index is 4.52. The number of nitrogens with one attached hydrogen (secondary N) is 1. The van der Waals surface area contributed by atoms with Crippen LogP contribution in [0.5, 0.6) is 0 Å². The highest BCUT2D eigenvalue weighted by molar-refractivity contribution is 7.11. The predicted molar refractivity (Wildman–Crippen MR) is 71.2 cm³/mol. The van der Waals surface area contributed by atoms with Crippen molar-refractivity contribution in [1.29, 1.82) is 0 Å². The zero-order valence-corrected chi connectivity index (χ0v) is 11.4. The fourth-order valence-electron chi connectivity index (χ4n) is 1.62. The molecule has 1 N–H and O–H groups in total. The summed E-state index contributed by atoms with van der Waals surface area (Å²) >= 11 is 3.57. The largest absolute Gasteiger partial charge is 0.304 e. The van der Waals surface area contributed by atoms with E-state index in [4.69, 9.17) is 0 Å². The lowest BCUT2D eigenvalue weighted by Crippen LogP contribution is -2.17. The van der Waals surface area contributed by atoms with E-state index in [2.05, 4.69) is 48.6 Å². The lowest BCUT2D eigenvalue weighted by Gasteiger charge is -2.10. The van der Waals surface area contributed by atoms with Gasteiger partial charge in [-0.05, 0) is 32.2 Å². The molecule has 1 atom stereocenters. The second kappa shape index (κ2) is 5.08. The van der Waals surface area contributed by atoms with Crippen molar-refractivity contribution >= 4 is 22.7 Å². The minimum absolute atomic E-state index is 0.404. The van der Waals surface area contributed by atoms with Crippen LogP contribution in [0.25, 0.3) is 0 Å². The molecule has 4 heteroatoms. The van der Waals surface area contributed by atoms with Gasteiger partial charge in [0.15, 0.2) is 0 Å². The molecule has 0 saturated heterocycles. The summed E-state index contributed by atoms with van der Waals surface area (Å²) in [5.74, 6) is 0. The molecule has 0 aliphatic rings. The summed E-state index contributed by atoms with van der Waals surface area (Å²) in [6, 6.07) is 4.67. The molecule has 0 radical (unpaired) electrons. The lowest BCUT2D eigenvalue weighted by atomic mass is 10.2. The van der Waals surface area contributed by atoms with E-state index in [9.17, 15) is 0 Å². The first-order valence-corrected chi connectivity index (χ1v) is 7.06. The average Bonchev–Trinajstić information content (AvgIpc) is 2.84. The Morgan fingerprint density at radius 2 is 2.25 bits per heavy atom. The van der Waals surface area contributed by atoms with Crippen molar-refractivity contribution in [3.8, 4) is 0 Å². The Morgan fingerprint density at radius 1 is 1.44 bits per heavy atom. The summed E-state index contributed by atoms with van der Waals surface area (Å²) in [6.45, 7) is 7.25. The van der Waals surface area contributed by atoms with Gasteiger partial charge in [-0.25, -0.2) is 4.98 Å². The predicted octanol–water partition coefficient (Wildman–Crippen LogP) is 3.67. The topological polar surface area (TPSA) is 24.9 Å². The van der Waals surface area contributed by atoms with Crippen molar-refractivity contribution in [1.82, 2.24) is 10.3 Å². The quantitative estimate of drug-likeness (QED) is 0.898. The molecule has 0 fully saturated rings. The molecule has 16 heavy (non-hydrogen) atoms. The van der Waals surface area contributed by atoms with E-state index in [0.717, 1.165) is 11.6 Å². The Bertz CT molecular complexity index is 446. The maximum Gasteiger partial charge on any atom is 0.0900 e. The molecule has 0 bridgehead atoms. The van der Waals surface area contributed by atoms with Crippen molar-refractivity contribution < 1.29 is 0 Å². The molecule has 2 heterocycles. The van der Waals surface area contributed by atoms with Crippen LogP contribution >= 0.6 is 22.7 Å². The molecule has 1 unspecified atom stereocenters. The van der Waals surface area contributed by atoms with Crippen molar-refractivity contribution in [2.24, 2.45) is 0 Å². The van der Waals surface area contributed by atoms with Crippen LogP contribution in [0.1, 0.15) is 33.4 Å². The van der Waals surface area contributed by atoms with E-state index in [1.165, 1.54) is 15.4 Å². The number of thiazole rings is 1. The zero-order valence-electron chi connectivity index (χ0n) is 9.78. The minimum Gasteiger partial charge on any atom is -0.304 e. The molecule has 0 aliphatic carbocycles. The van der Waals surface area contributed by atoms with Crippen molar-refractivity contribution in [2.45, 2.75) is 33.4 Å². The Morgan fingerprint density at radius 3 is 2.81 bits per heavy atom. The van der Waals surface area contributed by atoms with Gasteiger partial charge in [0.1, 0.15) is 0 Å². The first-order chi connectivity index (χ1) is 7.66. The normalized spacial score (nSPS) is 12.9. The molecule has 0 saturated carbocycles. The number of hydrogen-bond donors (Lipinski definition) is 1. The van der Waals surface area contributed by atoms with Crippen molar-refractivity contribution in [3.05, 3.63) is 38.0 Å². The van der Waals surface area contributed by atoms with E-state index in [1.807, 2.05) is 0 Å². The molecule has 2 rings (SSSR count). The summed E-state index contributed by atoms with van der Waals surface area (Å²) in [6.07, 6.45) is 0. The highest BCUT2D eigenvalue weighted by Crippen LogP contribution is 2.20. The van der Waals surface area contributed by atoms with Gasteiger partial charge in [-0.1, -0.05) is 6.07 Å². The highest BCUT2D eigenvalue weighted by atomic mass is 32.1. The Hall–Kier alpha value is -0.710. The smallest absolute Gasteiger partial charge is 0.0900 e. The number of hydrogen-bond acceptors (Lipinski definition) is 4. The molecule has 0 amide bonds. The number of aryl methyl sites for hydroxylation is 2. The van der Waals surface area contributed by atoms with Crippen LogP contribution < -0.4 is 5.32 Å². The fourth-order valence-corrected chi connectivity index (χ4v) is 3.22. The lowest BCUT2D eigenvalue weighted by molar-refractivity contribution is 0.575. The molecular weight excluding hydrogens is 236 g/mol. The first-order valence-electron chi connectivity index (χ1n) is 5.36. The Balaban J connectivity index is 1.95. The van der Waals surface area contributed by atoms with Gasteiger partial charge in [-0.3, -0.25) is 0 Å². The molecule has 2 aromatic heterocycles. The van der Waals surface area contributed by atoms with Crippen LogP contribution in [0.15, 0.2) is 17.5 Å². The molecule has 0 aromatic carbocycles. The summed E-state index contributed by atoms with van der Waals surface area (Å²) in [5.41, 5.74) is 1.19. The van der Waals surface area contributed by atoms with Gasteiger partial charge in [-0.2, -0.15) is 0 Å². The third-order valence-corrected chi connectivity index (χ3v) is 4.53. The molecule has 2 aromatic rings. The average molecular weight is 252 g/mol. The second-order valence-corrected chi connectivity index (χ2v) is 6.24. The molecule has 0 spiro atoms. The molecule has 86 valence electrons. The van der Waals surface area contributed by atoms with Gasteiger partial charge in [0, 0.05) is 22.3 Å². The molecule has 2 nitrogen and oxygen atoms in total. The fraction of sp³-hybridized carbons (Fsp3) is 0.417. The summed E-state index contributed by atoms with van der Waals surface area (Å²) in [7, 11) is 0. The highest BCUT2D eigenvalue weighted by Gasteiger charge is 2.08. The van der Waals surface area contributed by atoms with Crippen LogP contribution in [0, 0.1) is 13.8 Å². The summed E-state index contributed by atoms with van der Waals surface area (Å²) in [5, 5.41) is 6.78. The van der Waals surface area contributed by atoms with E-state index in [-0.39, 0.29) is 0 Å². The summed E-state index contributed by atoms with van der Waals surface area (Å²) in [4.78, 5) is 7.22. The van der Waals surface area contributed by atoms with E-state index in [1.54, 1.807) is 22.7 Å². The molecular formula is C12H16N2S2. The van der Waals surface area contributed by atoms with Crippen LogP contribution in [0.4, 0.5) is 0 Å². The van der Waals surface area contributed by atoms with E-state index < -0.39 is 0 Å². The van der Waals surface area contributed by atoms with E-state index in [0.29, 0.717) is 6.04 Å². The summed E-state index contributed by atoms with van der Waals surface area (Å²) < 4.78 is 0. The standard InChI is InChI=1S/C12H16N2S2/c1-8(12-5-4-6-15-12)13-7-11-9(2)16-10(3)14-11/h4-6,8,13H,7H2,1-3H3. The molecule has 0 aliphatic heterocycles. The zero-order chi connectivity index (χ0) is 11.5. The third kappa shape index (κ3) is 2.70. The first kappa shape index (κ1) is 11.8. The SMILES string of the molecule is Cc1nc(CNC(C)c2cccs2)c(C)s1. The number of nitrogens with zero attached hydrogens (tertiary/aromatic N) is 1. The third-order valence-electron chi connectivity index (χ3n) is 2.55. The number of aromatic nitrogens is 1. The Labute approximate surface area is 104 Å². The minimum atomic E-state index is 0.404. The van der Waals surface area contributed by atoms with Gasteiger partial charge in [0.2, 0.25) is 0 Å². The van der Waals surface area contributed by atoms with Crippen LogP contribution in [0.3, 0.4) is 0 Å². The van der Waals surface area contributed by atoms with Gasteiger partial charge in [0.25, 0.3) is 0 Å². The van der Waals surface area contributed by atoms with Crippen LogP contribution in [0.2, 0.25) is 0 Å². The Kier molecular flexibility index (Phi) is 3.74. The second-order valence-electron chi connectivity index (χ2n) is 3.85. The van der Waals surface area contributed by atoms with Gasteiger partial charge in [-0.15, -0.1) is 22.7 Å². The van der Waals surface area contributed by atoms with Crippen LogP contribution in [-0.4, -0.2) is 4.98 Å². The van der Waals surface area contributed by atoms with Gasteiger partial charge >= 0.3 is 0 Å². The van der Waals surface area contributed by atoms with Gasteiger partial charge in [0.05, 0.1) is 10.7 Å².